The number of nitrogens with one attached hydrogen (secondary N) is 1. The minimum atomic E-state index is 0.274. The highest BCUT2D eigenvalue weighted by Gasteiger charge is 2.28. The first-order chi connectivity index (χ1) is 7.64. The van der Waals surface area contributed by atoms with E-state index in [1.807, 2.05) is 13.1 Å². The van der Waals surface area contributed by atoms with Crippen molar-refractivity contribution in [2.45, 2.75) is 25.3 Å². The van der Waals surface area contributed by atoms with Crippen molar-refractivity contribution in [3.63, 3.8) is 0 Å². The van der Waals surface area contributed by atoms with E-state index in [4.69, 9.17) is 11.6 Å². The van der Waals surface area contributed by atoms with E-state index in [9.17, 15) is 0 Å². The molecule has 88 valence electrons. The predicted molar refractivity (Wildman–Crippen MR) is 68.2 cm³/mol. The topological polar surface area (TPSA) is 28.2 Å². The molecule has 2 rings (SSSR count). The van der Waals surface area contributed by atoms with Crippen molar-refractivity contribution in [2.24, 2.45) is 0 Å². The predicted octanol–water partition coefficient (Wildman–Crippen LogP) is 2.31. The summed E-state index contributed by atoms with van der Waals surface area (Å²) in [5.41, 5.74) is 1.38. The Morgan fingerprint density at radius 2 is 2.12 bits per heavy atom. The molecule has 0 radical (unpaired) electrons. The van der Waals surface area contributed by atoms with E-state index in [1.165, 1.54) is 0 Å². The summed E-state index contributed by atoms with van der Waals surface area (Å²) in [6.07, 6.45) is 5.79. The monoisotopic (exact) mass is 239 g/mol. The second-order valence-corrected chi connectivity index (χ2v) is 5.03. The van der Waals surface area contributed by atoms with Crippen molar-refractivity contribution < 1.29 is 0 Å². The van der Waals surface area contributed by atoms with Gasteiger partial charge in [-0.15, -0.1) is 0 Å². The van der Waals surface area contributed by atoms with Crippen LogP contribution in [0.15, 0.2) is 18.5 Å². The van der Waals surface area contributed by atoms with E-state index in [1.54, 1.807) is 12.4 Å². The third-order valence-electron chi connectivity index (χ3n) is 3.56. The molecule has 2 heterocycles. The van der Waals surface area contributed by atoms with Gasteiger partial charge in [-0.1, -0.05) is 11.6 Å². The number of piperidine rings is 1. The zero-order valence-electron chi connectivity index (χ0n) is 9.83. The molecule has 0 aromatic carbocycles. The second-order valence-electron chi connectivity index (χ2n) is 4.62. The van der Waals surface area contributed by atoms with Crippen LogP contribution in [0.4, 0.5) is 5.69 Å². The van der Waals surface area contributed by atoms with Gasteiger partial charge in [0.2, 0.25) is 0 Å². The Kier molecular flexibility index (Phi) is 3.36. The Labute approximate surface area is 102 Å². The van der Waals surface area contributed by atoms with Crippen molar-refractivity contribution in [3.05, 3.63) is 23.5 Å². The molecule has 3 nitrogen and oxygen atoms in total. The minimum Gasteiger partial charge on any atom is -0.370 e. The Morgan fingerprint density at radius 3 is 2.69 bits per heavy atom. The van der Waals surface area contributed by atoms with Gasteiger partial charge >= 0.3 is 0 Å². The van der Waals surface area contributed by atoms with Crippen LogP contribution < -0.4 is 10.2 Å². The molecule has 4 heteroatoms. The number of rotatable bonds is 2. The van der Waals surface area contributed by atoms with Crippen molar-refractivity contribution in [1.82, 2.24) is 10.3 Å². The minimum absolute atomic E-state index is 0.274. The number of hydrogen-bond donors (Lipinski definition) is 1. The average Bonchev–Trinajstić information content (AvgIpc) is 2.31. The van der Waals surface area contributed by atoms with Gasteiger partial charge in [0.15, 0.2) is 0 Å². The molecule has 1 N–H and O–H groups in total. The van der Waals surface area contributed by atoms with E-state index in [-0.39, 0.29) is 5.54 Å². The van der Waals surface area contributed by atoms with E-state index in [2.05, 4.69) is 22.1 Å². The highest BCUT2D eigenvalue weighted by atomic mass is 35.5. The van der Waals surface area contributed by atoms with Crippen molar-refractivity contribution in [1.29, 1.82) is 0 Å². The molecule has 0 bridgehead atoms. The lowest BCUT2D eigenvalue weighted by molar-refractivity contribution is 0.305. The normalized spacial score (nSPS) is 19.8. The van der Waals surface area contributed by atoms with Crippen LogP contribution in [0, 0.1) is 0 Å². The average molecular weight is 240 g/mol. The first-order valence-corrected chi connectivity index (χ1v) is 6.06. The zero-order chi connectivity index (χ0) is 11.6. The molecule has 0 aliphatic carbocycles. The van der Waals surface area contributed by atoms with E-state index < -0.39 is 0 Å². The molecule has 1 saturated heterocycles. The third kappa shape index (κ3) is 2.30. The largest absolute Gasteiger partial charge is 0.370 e. The number of halogens is 1. The first kappa shape index (κ1) is 11.7. The summed E-state index contributed by atoms with van der Waals surface area (Å²) in [6.45, 7) is 4.36. The first-order valence-electron chi connectivity index (χ1n) is 5.68. The fourth-order valence-corrected chi connectivity index (χ4v) is 2.35. The number of pyridine rings is 1. The Morgan fingerprint density at radius 1 is 1.44 bits per heavy atom. The molecule has 1 aliphatic heterocycles. The second kappa shape index (κ2) is 4.60. The molecular formula is C12H18ClN3. The summed E-state index contributed by atoms with van der Waals surface area (Å²) in [6, 6.07) is 1.99. The molecule has 0 spiro atoms. The summed E-state index contributed by atoms with van der Waals surface area (Å²) >= 11 is 6.14. The van der Waals surface area contributed by atoms with Gasteiger partial charge in [-0.2, -0.15) is 0 Å². The van der Waals surface area contributed by atoms with Crippen LogP contribution in [0.5, 0.6) is 0 Å². The number of nitrogens with zero attached hydrogens (tertiary/aromatic N) is 2. The lowest BCUT2D eigenvalue weighted by Crippen LogP contribution is -2.50. The quantitative estimate of drug-likeness (QED) is 0.859. The smallest absolute Gasteiger partial charge is 0.0822 e. The highest BCUT2D eigenvalue weighted by Crippen LogP contribution is 2.29. The van der Waals surface area contributed by atoms with Crippen molar-refractivity contribution >= 4 is 17.3 Å². The van der Waals surface area contributed by atoms with Gasteiger partial charge in [-0.3, -0.25) is 4.98 Å². The molecule has 1 aromatic rings. The van der Waals surface area contributed by atoms with E-state index in [0.717, 1.165) is 36.6 Å². The molecule has 0 unspecified atom stereocenters. The van der Waals surface area contributed by atoms with E-state index in [0.29, 0.717) is 0 Å². The summed E-state index contributed by atoms with van der Waals surface area (Å²) in [5, 5.41) is 4.14. The lowest BCUT2D eigenvalue weighted by Gasteiger charge is -2.40. The number of anilines is 1. The van der Waals surface area contributed by atoms with Gasteiger partial charge < -0.3 is 10.2 Å². The van der Waals surface area contributed by atoms with Crippen LogP contribution in [0.2, 0.25) is 5.02 Å². The Hall–Kier alpha value is -0.800. The molecule has 0 saturated carbocycles. The molecule has 1 aliphatic rings. The van der Waals surface area contributed by atoms with Gasteiger partial charge in [0.05, 0.1) is 10.7 Å². The fourth-order valence-electron chi connectivity index (χ4n) is 2.12. The maximum Gasteiger partial charge on any atom is 0.0822 e. The molecular weight excluding hydrogens is 222 g/mol. The lowest BCUT2D eigenvalue weighted by atomic mass is 9.90. The van der Waals surface area contributed by atoms with Crippen LogP contribution >= 0.6 is 11.6 Å². The Balaban J connectivity index is 2.07. The van der Waals surface area contributed by atoms with Gasteiger partial charge in [-0.05, 0) is 32.9 Å². The van der Waals surface area contributed by atoms with Crippen LogP contribution in [0.3, 0.4) is 0 Å². The summed E-state index contributed by atoms with van der Waals surface area (Å²) in [5.74, 6) is 0. The Bertz CT molecular complexity index is 359. The third-order valence-corrected chi connectivity index (χ3v) is 3.85. The maximum absolute atomic E-state index is 6.14. The van der Waals surface area contributed by atoms with Crippen LogP contribution in [0.25, 0.3) is 0 Å². The fraction of sp³-hybridized carbons (Fsp3) is 0.583. The summed E-state index contributed by atoms with van der Waals surface area (Å²) in [7, 11) is 2.04. The van der Waals surface area contributed by atoms with Crippen LogP contribution in [-0.2, 0) is 0 Å². The highest BCUT2D eigenvalue weighted by molar-refractivity contribution is 6.33. The van der Waals surface area contributed by atoms with Gasteiger partial charge in [0, 0.05) is 31.0 Å². The van der Waals surface area contributed by atoms with Gasteiger partial charge in [0.25, 0.3) is 0 Å². The molecule has 0 amide bonds. The van der Waals surface area contributed by atoms with Crippen molar-refractivity contribution in [2.75, 3.05) is 25.0 Å². The van der Waals surface area contributed by atoms with Crippen molar-refractivity contribution in [3.8, 4) is 0 Å². The molecule has 0 atom stereocenters. The standard InChI is InChI=1S/C12H18ClN3/c1-12(14-2)4-7-16(8-5-12)11-3-6-15-9-10(11)13/h3,6,9,14H,4-5,7-8H2,1-2H3. The molecule has 1 aromatic heterocycles. The summed E-state index contributed by atoms with van der Waals surface area (Å²) in [4.78, 5) is 6.35. The van der Waals surface area contributed by atoms with Crippen LogP contribution in [0.1, 0.15) is 19.8 Å². The summed E-state index contributed by atoms with van der Waals surface area (Å²) < 4.78 is 0. The number of hydrogen-bond acceptors (Lipinski definition) is 3. The van der Waals surface area contributed by atoms with Crippen LogP contribution in [-0.4, -0.2) is 30.7 Å². The number of aromatic nitrogens is 1. The molecule has 1 fully saturated rings. The van der Waals surface area contributed by atoms with Gasteiger partial charge in [-0.25, -0.2) is 0 Å². The molecule has 16 heavy (non-hydrogen) atoms. The SMILES string of the molecule is CNC1(C)CCN(c2ccncc2Cl)CC1. The maximum atomic E-state index is 6.14. The van der Waals surface area contributed by atoms with Gasteiger partial charge in [0.1, 0.15) is 0 Å². The zero-order valence-corrected chi connectivity index (χ0v) is 10.6. The van der Waals surface area contributed by atoms with E-state index >= 15 is 0 Å².